The van der Waals surface area contributed by atoms with Crippen molar-refractivity contribution in [2.24, 2.45) is 0 Å². The molecule has 0 aliphatic rings. The highest BCUT2D eigenvalue weighted by molar-refractivity contribution is 8.76. The first-order valence-corrected chi connectivity index (χ1v) is 9.97. The van der Waals surface area contributed by atoms with E-state index in [9.17, 15) is 26.3 Å². The summed E-state index contributed by atoms with van der Waals surface area (Å²) in [6.45, 7) is 0. The van der Waals surface area contributed by atoms with Crippen LogP contribution >= 0.6 is 21.6 Å². The van der Waals surface area contributed by atoms with Gasteiger partial charge in [0.15, 0.2) is 0 Å². The average Bonchev–Trinajstić information content (AvgIpc) is 2.57. The third-order valence-corrected chi connectivity index (χ3v) is 6.64. The number of hydrogen-bond acceptors (Lipinski definition) is 2. The molecule has 0 amide bonds. The fraction of sp³-hybridized carbons (Fsp3) is 0.333. The highest BCUT2D eigenvalue weighted by atomic mass is 33.1. The van der Waals surface area contributed by atoms with Crippen LogP contribution in [-0.2, 0) is 0 Å². The van der Waals surface area contributed by atoms with E-state index in [-0.39, 0.29) is 0 Å². The molecule has 0 bridgehead atoms. The molecule has 0 aliphatic heterocycles. The van der Waals surface area contributed by atoms with Gasteiger partial charge in [0, 0.05) is 10.5 Å². The summed E-state index contributed by atoms with van der Waals surface area (Å²) in [6.07, 6.45) is -11.0. The maximum absolute atomic E-state index is 12.9. The Bertz CT molecular complexity index is 595. The Balaban J connectivity index is 2.17. The van der Waals surface area contributed by atoms with Gasteiger partial charge in [0.2, 0.25) is 0 Å². The van der Waals surface area contributed by atoms with Gasteiger partial charge in [-0.25, -0.2) is 0 Å². The number of benzene rings is 2. The van der Waals surface area contributed by atoms with E-state index in [2.05, 4.69) is 0 Å². The second-order valence-electron chi connectivity index (χ2n) is 5.63. The van der Waals surface area contributed by atoms with Crippen LogP contribution in [0.4, 0.5) is 26.3 Å². The Kier molecular flexibility index (Phi) is 7.34. The van der Waals surface area contributed by atoms with E-state index in [1.54, 1.807) is 60.7 Å². The minimum absolute atomic E-state index is 0.446. The second-order valence-corrected chi connectivity index (χ2v) is 8.31. The van der Waals surface area contributed by atoms with E-state index >= 15 is 0 Å². The summed E-state index contributed by atoms with van der Waals surface area (Å²) in [6, 6.07) is 16.1. The molecular formula is C18H16F6S2. The van der Waals surface area contributed by atoms with Crippen LogP contribution in [0.5, 0.6) is 0 Å². The van der Waals surface area contributed by atoms with Crippen LogP contribution in [0.1, 0.15) is 34.5 Å². The molecule has 0 spiro atoms. The molecule has 8 heteroatoms. The van der Waals surface area contributed by atoms with Crippen molar-refractivity contribution in [1.29, 1.82) is 0 Å². The van der Waals surface area contributed by atoms with Crippen molar-refractivity contribution in [1.82, 2.24) is 0 Å². The Morgan fingerprint density at radius 1 is 0.577 bits per heavy atom. The average molecular weight is 410 g/mol. The van der Waals surface area contributed by atoms with Gasteiger partial charge in [-0.1, -0.05) is 82.3 Å². The first-order chi connectivity index (χ1) is 12.1. The Labute approximate surface area is 155 Å². The standard InChI is InChI=1S/C18H16F6S2/c19-17(20,21)11-15(13-7-3-1-4-8-13)25-26-16(12-18(22,23)24)14-9-5-2-6-10-14/h1-10,15-16H,11-12H2. The van der Waals surface area contributed by atoms with E-state index in [0.29, 0.717) is 11.1 Å². The van der Waals surface area contributed by atoms with Gasteiger partial charge in [-0.3, -0.25) is 0 Å². The van der Waals surface area contributed by atoms with Crippen LogP contribution in [0.25, 0.3) is 0 Å². The van der Waals surface area contributed by atoms with Crippen LogP contribution in [0.3, 0.4) is 0 Å². The van der Waals surface area contributed by atoms with E-state index < -0.39 is 35.7 Å². The highest BCUT2D eigenvalue weighted by Gasteiger charge is 2.36. The zero-order valence-corrected chi connectivity index (χ0v) is 15.1. The van der Waals surface area contributed by atoms with Gasteiger partial charge in [0.25, 0.3) is 0 Å². The molecule has 2 atom stereocenters. The van der Waals surface area contributed by atoms with Gasteiger partial charge in [0.05, 0.1) is 12.8 Å². The van der Waals surface area contributed by atoms with Gasteiger partial charge in [-0.05, 0) is 11.1 Å². The van der Waals surface area contributed by atoms with Crippen LogP contribution in [0.2, 0.25) is 0 Å². The number of hydrogen-bond donors (Lipinski definition) is 0. The molecule has 0 aromatic heterocycles. The van der Waals surface area contributed by atoms with Crippen molar-refractivity contribution in [2.75, 3.05) is 0 Å². The molecule has 0 saturated heterocycles. The quantitative estimate of drug-likeness (QED) is 0.338. The third-order valence-electron chi connectivity index (χ3n) is 3.46. The molecule has 0 fully saturated rings. The fourth-order valence-corrected chi connectivity index (χ4v) is 5.50. The molecule has 2 rings (SSSR count). The van der Waals surface area contributed by atoms with E-state index in [4.69, 9.17) is 0 Å². The van der Waals surface area contributed by atoms with Crippen molar-refractivity contribution in [2.45, 2.75) is 35.7 Å². The number of rotatable bonds is 7. The van der Waals surface area contributed by atoms with Crippen LogP contribution < -0.4 is 0 Å². The number of halogens is 6. The monoisotopic (exact) mass is 410 g/mol. The van der Waals surface area contributed by atoms with E-state index in [1.807, 2.05) is 0 Å². The van der Waals surface area contributed by atoms with Crippen molar-refractivity contribution in [3.8, 4) is 0 Å². The summed E-state index contributed by atoms with van der Waals surface area (Å²) in [4.78, 5) is 0. The smallest absolute Gasteiger partial charge is 0.171 e. The molecule has 2 aromatic rings. The van der Waals surface area contributed by atoms with Crippen molar-refractivity contribution < 1.29 is 26.3 Å². The molecule has 0 aliphatic carbocycles. The lowest BCUT2D eigenvalue weighted by molar-refractivity contribution is -0.135. The van der Waals surface area contributed by atoms with Crippen molar-refractivity contribution >= 4 is 21.6 Å². The maximum Gasteiger partial charge on any atom is 0.390 e. The normalized spacial score (nSPS) is 14.8. The predicted molar refractivity (Wildman–Crippen MR) is 94.9 cm³/mol. The fourth-order valence-electron chi connectivity index (χ4n) is 2.30. The molecule has 0 N–H and O–H groups in total. The lowest BCUT2D eigenvalue weighted by Gasteiger charge is -2.23. The molecule has 0 heterocycles. The second kappa shape index (κ2) is 9.08. The summed E-state index contributed by atoms with van der Waals surface area (Å²) in [5.41, 5.74) is 0.891. The molecule has 2 aromatic carbocycles. The van der Waals surface area contributed by atoms with Crippen molar-refractivity contribution in [3.63, 3.8) is 0 Å². The predicted octanol–water partition coefficient (Wildman–Crippen LogP) is 7.76. The maximum atomic E-state index is 12.9. The van der Waals surface area contributed by atoms with Crippen molar-refractivity contribution in [3.05, 3.63) is 71.8 Å². The summed E-state index contributed by atoms with van der Waals surface area (Å²) < 4.78 is 77.4. The number of alkyl halides is 6. The topological polar surface area (TPSA) is 0 Å². The molecule has 142 valence electrons. The molecule has 2 unspecified atom stereocenters. The first-order valence-electron chi connectivity index (χ1n) is 7.69. The van der Waals surface area contributed by atoms with Gasteiger partial charge in [-0.15, -0.1) is 0 Å². The minimum atomic E-state index is -4.40. The van der Waals surface area contributed by atoms with Crippen LogP contribution in [-0.4, -0.2) is 12.4 Å². The van der Waals surface area contributed by atoms with Crippen LogP contribution in [0.15, 0.2) is 60.7 Å². The molecule has 26 heavy (non-hydrogen) atoms. The SMILES string of the molecule is FC(F)(F)CC(SSC(CC(F)(F)F)c1ccccc1)c1ccccc1. The summed E-state index contributed by atoms with van der Waals surface area (Å²) >= 11 is 0. The minimum Gasteiger partial charge on any atom is -0.171 e. The molecular weight excluding hydrogens is 394 g/mol. The van der Waals surface area contributed by atoms with Gasteiger partial charge < -0.3 is 0 Å². The Hall–Kier alpha value is -1.28. The molecule has 0 nitrogen and oxygen atoms in total. The zero-order valence-electron chi connectivity index (χ0n) is 13.4. The van der Waals surface area contributed by atoms with Gasteiger partial charge >= 0.3 is 12.4 Å². The summed E-state index contributed by atoms with van der Waals surface area (Å²) in [7, 11) is 1.68. The lowest BCUT2D eigenvalue weighted by atomic mass is 10.1. The van der Waals surface area contributed by atoms with Gasteiger partial charge in [-0.2, -0.15) is 26.3 Å². The first kappa shape index (κ1) is 21.0. The Morgan fingerprint density at radius 3 is 1.15 bits per heavy atom. The lowest BCUT2D eigenvalue weighted by Crippen LogP contribution is -2.13. The molecule has 0 radical (unpaired) electrons. The summed E-state index contributed by atoms with van der Waals surface area (Å²) in [5, 5.41) is -1.94. The third kappa shape index (κ3) is 7.53. The largest absolute Gasteiger partial charge is 0.390 e. The Morgan fingerprint density at radius 2 is 0.885 bits per heavy atom. The summed E-state index contributed by atoms with van der Waals surface area (Å²) in [5.74, 6) is 0. The van der Waals surface area contributed by atoms with E-state index in [1.165, 1.54) is 0 Å². The highest BCUT2D eigenvalue weighted by Crippen LogP contribution is 2.52. The van der Waals surface area contributed by atoms with Crippen LogP contribution in [0, 0.1) is 0 Å². The zero-order chi connectivity index (χ0) is 19.2. The molecule has 0 saturated carbocycles. The van der Waals surface area contributed by atoms with E-state index in [0.717, 1.165) is 21.6 Å². The van der Waals surface area contributed by atoms with Gasteiger partial charge in [0.1, 0.15) is 0 Å².